The number of aromatic amines is 1. The van der Waals surface area contributed by atoms with E-state index in [4.69, 9.17) is 11.6 Å². The number of rotatable bonds is 2. The summed E-state index contributed by atoms with van der Waals surface area (Å²) in [6.45, 7) is 0. The van der Waals surface area contributed by atoms with E-state index >= 15 is 0 Å². The predicted octanol–water partition coefficient (Wildman–Crippen LogP) is 4.21. The summed E-state index contributed by atoms with van der Waals surface area (Å²) in [6, 6.07) is 11.2. The van der Waals surface area contributed by atoms with Gasteiger partial charge in [0.15, 0.2) is 0 Å². The van der Waals surface area contributed by atoms with Crippen LogP contribution in [0.25, 0.3) is 10.9 Å². The van der Waals surface area contributed by atoms with Gasteiger partial charge in [-0.3, -0.25) is 4.79 Å². The van der Waals surface area contributed by atoms with Crippen molar-refractivity contribution < 1.29 is 9.18 Å². The molecule has 0 bridgehead atoms. The Hall–Kier alpha value is -2.33. The predicted molar refractivity (Wildman–Crippen MR) is 77.7 cm³/mol. The molecular weight excluding hydrogens is 279 g/mol. The van der Waals surface area contributed by atoms with Gasteiger partial charge in [0.05, 0.1) is 11.2 Å². The number of nitrogens with one attached hydrogen (secondary N) is 2. The van der Waals surface area contributed by atoms with Gasteiger partial charge in [-0.2, -0.15) is 0 Å². The van der Waals surface area contributed by atoms with Crippen molar-refractivity contribution in [3.05, 3.63) is 65.1 Å². The van der Waals surface area contributed by atoms with Gasteiger partial charge in [-0.15, -0.1) is 0 Å². The summed E-state index contributed by atoms with van der Waals surface area (Å²) < 4.78 is 13.3. The highest BCUT2D eigenvalue weighted by Crippen LogP contribution is 2.22. The van der Waals surface area contributed by atoms with E-state index in [9.17, 15) is 9.18 Å². The standard InChI is InChI=1S/C15H10ClFN2O/c16-11-6-10(7-12(17)8-11)15(20)19-13-3-1-2-9-4-5-18-14(9)13/h1-8,18H,(H,19,20). The summed E-state index contributed by atoms with van der Waals surface area (Å²) in [7, 11) is 0. The van der Waals surface area contributed by atoms with Crippen LogP contribution in [0.2, 0.25) is 5.02 Å². The molecule has 0 saturated heterocycles. The van der Waals surface area contributed by atoms with E-state index in [1.165, 1.54) is 6.07 Å². The van der Waals surface area contributed by atoms with Crippen molar-refractivity contribution in [1.82, 2.24) is 4.98 Å². The second kappa shape index (κ2) is 4.98. The molecule has 0 aliphatic heterocycles. The van der Waals surface area contributed by atoms with Gasteiger partial charge in [-0.05, 0) is 30.3 Å². The molecule has 0 spiro atoms. The van der Waals surface area contributed by atoms with Crippen molar-refractivity contribution >= 4 is 34.1 Å². The first-order valence-corrected chi connectivity index (χ1v) is 6.35. The Morgan fingerprint density at radius 3 is 2.85 bits per heavy atom. The highest BCUT2D eigenvalue weighted by atomic mass is 35.5. The summed E-state index contributed by atoms with van der Waals surface area (Å²) in [5, 5.41) is 3.92. The molecule has 3 nitrogen and oxygen atoms in total. The zero-order valence-electron chi connectivity index (χ0n) is 10.3. The molecule has 0 fully saturated rings. The zero-order valence-corrected chi connectivity index (χ0v) is 11.0. The van der Waals surface area contributed by atoms with Gasteiger partial charge < -0.3 is 10.3 Å². The number of carbonyl (C=O) groups excluding carboxylic acids is 1. The number of carbonyl (C=O) groups is 1. The van der Waals surface area contributed by atoms with Crippen LogP contribution < -0.4 is 5.32 Å². The lowest BCUT2D eigenvalue weighted by Crippen LogP contribution is -2.12. The number of hydrogen-bond acceptors (Lipinski definition) is 1. The van der Waals surface area contributed by atoms with E-state index < -0.39 is 11.7 Å². The fraction of sp³-hybridized carbons (Fsp3) is 0. The van der Waals surface area contributed by atoms with E-state index in [0.29, 0.717) is 5.69 Å². The van der Waals surface area contributed by atoms with Crippen molar-refractivity contribution in [2.24, 2.45) is 0 Å². The maximum atomic E-state index is 13.3. The molecule has 100 valence electrons. The first-order chi connectivity index (χ1) is 9.63. The fourth-order valence-corrected chi connectivity index (χ4v) is 2.29. The van der Waals surface area contributed by atoms with Gasteiger partial charge in [0.2, 0.25) is 0 Å². The van der Waals surface area contributed by atoms with Crippen molar-refractivity contribution in [3.63, 3.8) is 0 Å². The first-order valence-electron chi connectivity index (χ1n) is 5.97. The van der Waals surface area contributed by atoms with Crippen LogP contribution in [-0.4, -0.2) is 10.9 Å². The molecule has 1 amide bonds. The second-order valence-electron chi connectivity index (χ2n) is 4.36. The Labute approximate surface area is 119 Å². The van der Waals surface area contributed by atoms with Crippen LogP contribution in [0.4, 0.5) is 10.1 Å². The Balaban J connectivity index is 1.94. The molecule has 1 aromatic heterocycles. The fourth-order valence-electron chi connectivity index (χ4n) is 2.07. The molecular formula is C15H10ClFN2O. The van der Waals surface area contributed by atoms with Crippen LogP contribution in [0.1, 0.15) is 10.4 Å². The van der Waals surface area contributed by atoms with Crippen molar-refractivity contribution in [2.45, 2.75) is 0 Å². The molecule has 3 rings (SSSR count). The summed E-state index contributed by atoms with van der Waals surface area (Å²) in [5.74, 6) is -0.950. The Morgan fingerprint density at radius 1 is 1.20 bits per heavy atom. The van der Waals surface area contributed by atoms with Gasteiger partial charge in [-0.25, -0.2) is 4.39 Å². The number of halogens is 2. The molecule has 2 N–H and O–H groups in total. The van der Waals surface area contributed by atoms with Crippen LogP contribution >= 0.6 is 11.6 Å². The molecule has 0 aliphatic carbocycles. The number of hydrogen-bond donors (Lipinski definition) is 2. The van der Waals surface area contributed by atoms with Gasteiger partial charge in [0.25, 0.3) is 5.91 Å². The lowest BCUT2D eigenvalue weighted by Gasteiger charge is -2.07. The minimum Gasteiger partial charge on any atom is -0.359 e. The summed E-state index contributed by atoms with van der Waals surface area (Å²) in [5.41, 5.74) is 1.64. The molecule has 20 heavy (non-hydrogen) atoms. The van der Waals surface area contributed by atoms with E-state index in [1.54, 1.807) is 12.3 Å². The first kappa shape index (κ1) is 12.7. The number of aromatic nitrogens is 1. The lowest BCUT2D eigenvalue weighted by molar-refractivity contribution is 0.102. The average Bonchev–Trinajstić information content (AvgIpc) is 2.87. The number of fused-ring (bicyclic) bond motifs is 1. The van der Waals surface area contributed by atoms with Crippen molar-refractivity contribution in [2.75, 3.05) is 5.32 Å². The molecule has 1 heterocycles. The number of benzene rings is 2. The monoisotopic (exact) mass is 288 g/mol. The normalized spacial score (nSPS) is 10.7. The second-order valence-corrected chi connectivity index (χ2v) is 4.80. The number of amides is 1. The lowest BCUT2D eigenvalue weighted by atomic mass is 10.2. The molecule has 3 aromatic rings. The third-order valence-corrected chi connectivity index (χ3v) is 3.18. The minimum absolute atomic E-state index is 0.179. The topological polar surface area (TPSA) is 44.9 Å². The number of para-hydroxylation sites is 1. The number of H-pyrrole nitrogens is 1. The quantitative estimate of drug-likeness (QED) is 0.729. The van der Waals surface area contributed by atoms with E-state index in [1.807, 2.05) is 18.2 Å². The van der Waals surface area contributed by atoms with E-state index in [2.05, 4.69) is 10.3 Å². The summed E-state index contributed by atoms with van der Waals surface area (Å²) in [6.07, 6.45) is 1.79. The third kappa shape index (κ3) is 2.38. The molecule has 0 atom stereocenters. The largest absolute Gasteiger partial charge is 0.359 e. The molecule has 0 aliphatic rings. The highest BCUT2D eigenvalue weighted by molar-refractivity contribution is 6.31. The maximum Gasteiger partial charge on any atom is 0.255 e. The zero-order chi connectivity index (χ0) is 14.1. The smallest absolute Gasteiger partial charge is 0.255 e. The molecule has 5 heteroatoms. The highest BCUT2D eigenvalue weighted by Gasteiger charge is 2.10. The maximum absolute atomic E-state index is 13.3. The average molecular weight is 289 g/mol. The molecule has 0 saturated carbocycles. The molecule has 2 aromatic carbocycles. The van der Waals surface area contributed by atoms with Gasteiger partial charge in [0.1, 0.15) is 5.82 Å². The van der Waals surface area contributed by atoms with Gasteiger partial charge in [0, 0.05) is 22.2 Å². The van der Waals surface area contributed by atoms with Gasteiger partial charge >= 0.3 is 0 Å². The minimum atomic E-state index is -0.541. The van der Waals surface area contributed by atoms with Crippen LogP contribution in [-0.2, 0) is 0 Å². The summed E-state index contributed by atoms with van der Waals surface area (Å²) in [4.78, 5) is 15.2. The molecule has 0 unspecified atom stereocenters. The van der Waals surface area contributed by atoms with Crippen molar-refractivity contribution in [3.8, 4) is 0 Å². The van der Waals surface area contributed by atoms with E-state index in [-0.39, 0.29) is 10.6 Å². The van der Waals surface area contributed by atoms with Crippen molar-refractivity contribution in [1.29, 1.82) is 0 Å². The Morgan fingerprint density at radius 2 is 2.05 bits per heavy atom. The van der Waals surface area contributed by atoms with E-state index in [0.717, 1.165) is 23.0 Å². The number of anilines is 1. The van der Waals surface area contributed by atoms with Crippen LogP contribution in [0.5, 0.6) is 0 Å². The SMILES string of the molecule is O=C(Nc1cccc2cc[nH]c12)c1cc(F)cc(Cl)c1. The third-order valence-electron chi connectivity index (χ3n) is 2.96. The van der Waals surface area contributed by atoms with Crippen LogP contribution in [0.15, 0.2) is 48.7 Å². The summed E-state index contributed by atoms with van der Waals surface area (Å²) >= 11 is 5.75. The van der Waals surface area contributed by atoms with Crippen LogP contribution in [0.3, 0.4) is 0 Å². The Kier molecular flexibility index (Phi) is 3.16. The molecule has 0 radical (unpaired) electrons. The van der Waals surface area contributed by atoms with Crippen LogP contribution in [0, 0.1) is 5.82 Å². The van der Waals surface area contributed by atoms with Gasteiger partial charge in [-0.1, -0.05) is 23.7 Å². The Bertz CT molecular complexity index is 777.